The van der Waals surface area contributed by atoms with Crippen LogP contribution in [0.1, 0.15) is 32.1 Å². The third-order valence-electron chi connectivity index (χ3n) is 3.46. The van der Waals surface area contributed by atoms with Gasteiger partial charge in [0.25, 0.3) is 5.91 Å². The van der Waals surface area contributed by atoms with E-state index in [9.17, 15) is 4.79 Å². The predicted octanol–water partition coefficient (Wildman–Crippen LogP) is 3.51. The zero-order chi connectivity index (χ0) is 14.0. The van der Waals surface area contributed by atoms with Crippen molar-refractivity contribution in [3.63, 3.8) is 0 Å². The summed E-state index contributed by atoms with van der Waals surface area (Å²) in [6.07, 6.45) is 0.429. The molecule has 1 aliphatic heterocycles. The first-order valence-electron chi connectivity index (χ1n) is 6.37. The molecule has 0 aliphatic carbocycles. The van der Waals surface area contributed by atoms with Gasteiger partial charge in [-0.2, -0.15) is 0 Å². The molecule has 1 aromatic carbocycles. The van der Waals surface area contributed by atoms with Crippen molar-refractivity contribution in [1.82, 2.24) is 4.90 Å². The second-order valence-corrected chi connectivity index (χ2v) is 5.73. The molecule has 1 aromatic rings. The van der Waals surface area contributed by atoms with Crippen molar-refractivity contribution >= 4 is 29.1 Å². The summed E-state index contributed by atoms with van der Waals surface area (Å²) >= 11 is 11.5. The molecular weight excluding hydrogens is 285 g/mol. The molecule has 2 rings (SSSR count). The van der Waals surface area contributed by atoms with E-state index < -0.39 is 11.1 Å². The number of hydrogen-bond donors (Lipinski definition) is 0. The van der Waals surface area contributed by atoms with E-state index in [0.717, 1.165) is 12.0 Å². The van der Waals surface area contributed by atoms with Gasteiger partial charge in [-0.05, 0) is 13.3 Å². The number of ether oxygens (including phenoxy) is 1. The molecule has 0 spiro atoms. The number of alkyl halides is 2. The van der Waals surface area contributed by atoms with Crippen molar-refractivity contribution < 1.29 is 9.53 Å². The first-order valence-corrected chi connectivity index (χ1v) is 7.24. The maximum Gasteiger partial charge on any atom is 0.258 e. The summed E-state index contributed by atoms with van der Waals surface area (Å²) in [5.41, 5.74) is 0.938. The highest BCUT2D eigenvalue weighted by Crippen LogP contribution is 2.36. The van der Waals surface area contributed by atoms with E-state index in [4.69, 9.17) is 27.9 Å². The van der Waals surface area contributed by atoms with Crippen LogP contribution in [0.25, 0.3) is 0 Å². The van der Waals surface area contributed by atoms with E-state index in [2.05, 4.69) is 0 Å². The maximum atomic E-state index is 12.2. The van der Waals surface area contributed by atoms with Crippen molar-refractivity contribution in [2.24, 2.45) is 0 Å². The number of amides is 1. The van der Waals surface area contributed by atoms with Crippen molar-refractivity contribution in [1.29, 1.82) is 0 Å². The van der Waals surface area contributed by atoms with Crippen LogP contribution in [0.5, 0.6) is 0 Å². The number of nitrogens with zero attached hydrogens (tertiary/aromatic N) is 1. The summed E-state index contributed by atoms with van der Waals surface area (Å²) in [5.74, 6) is -0.305. The lowest BCUT2D eigenvalue weighted by Gasteiger charge is -2.27. The molecule has 3 nitrogen and oxygen atoms in total. The van der Waals surface area contributed by atoms with Crippen LogP contribution in [0.4, 0.5) is 0 Å². The van der Waals surface area contributed by atoms with Gasteiger partial charge in [-0.25, -0.2) is 0 Å². The molecule has 1 saturated heterocycles. The van der Waals surface area contributed by atoms with E-state index in [1.807, 2.05) is 44.2 Å². The molecule has 0 N–H and O–H groups in total. The van der Waals surface area contributed by atoms with E-state index in [1.54, 1.807) is 4.90 Å². The average molecular weight is 302 g/mol. The van der Waals surface area contributed by atoms with Crippen LogP contribution in [0, 0.1) is 0 Å². The summed E-state index contributed by atoms with van der Waals surface area (Å²) < 4.78 is 5.98. The Morgan fingerprint density at radius 1 is 1.37 bits per heavy atom. The minimum Gasteiger partial charge on any atom is -0.349 e. The molecule has 1 heterocycles. The quantitative estimate of drug-likeness (QED) is 0.800. The number of carbonyl (C=O) groups excluding carboxylic acids is 1. The van der Waals surface area contributed by atoms with E-state index >= 15 is 0 Å². The Balaban J connectivity index is 2.32. The summed E-state index contributed by atoms with van der Waals surface area (Å²) in [6.45, 7) is 4.00. The lowest BCUT2D eigenvalue weighted by Crippen LogP contribution is -2.41. The minimum atomic E-state index is -1.06. The second kappa shape index (κ2) is 6.12. The van der Waals surface area contributed by atoms with E-state index in [-0.39, 0.29) is 18.1 Å². The Hall–Kier alpha value is -0.770. The summed E-state index contributed by atoms with van der Waals surface area (Å²) in [7, 11) is 0. The molecule has 0 bridgehead atoms. The monoisotopic (exact) mass is 301 g/mol. The molecule has 0 radical (unpaired) electrons. The second-order valence-electron chi connectivity index (χ2n) is 4.63. The lowest BCUT2D eigenvalue weighted by molar-refractivity contribution is -0.136. The Kier molecular flexibility index (Phi) is 4.71. The lowest BCUT2D eigenvalue weighted by atomic mass is 10.1. The molecule has 0 saturated carbocycles. The van der Waals surface area contributed by atoms with Crippen LogP contribution in [-0.2, 0) is 9.53 Å². The Labute approximate surface area is 123 Å². The molecule has 0 aromatic heterocycles. The van der Waals surface area contributed by atoms with Gasteiger partial charge in [0.15, 0.2) is 11.1 Å². The van der Waals surface area contributed by atoms with Crippen molar-refractivity contribution in [3.8, 4) is 0 Å². The normalized spacial score (nSPS) is 27.0. The van der Waals surface area contributed by atoms with Gasteiger partial charge < -0.3 is 9.64 Å². The smallest absolute Gasteiger partial charge is 0.258 e. The molecule has 1 fully saturated rings. The molecule has 3 atom stereocenters. The molecule has 19 heavy (non-hydrogen) atoms. The maximum absolute atomic E-state index is 12.2. The molecular formula is C14H17Cl2NO2. The fourth-order valence-electron chi connectivity index (χ4n) is 2.46. The summed E-state index contributed by atoms with van der Waals surface area (Å²) in [4.78, 5) is 12.8. The summed E-state index contributed by atoms with van der Waals surface area (Å²) in [5, 5.41) is 0. The van der Waals surface area contributed by atoms with Gasteiger partial charge in [0, 0.05) is 5.56 Å². The van der Waals surface area contributed by atoms with Gasteiger partial charge >= 0.3 is 0 Å². The van der Waals surface area contributed by atoms with E-state index in [0.29, 0.717) is 0 Å². The van der Waals surface area contributed by atoms with Crippen LogP contribution in [0.3, 0.4) is 0 Å². The van der Waals surface area contributed by atoms with Gasteiger partial charge in [-0.3, -0.25) is 4.79 Å². The van der Waals surface area contributed by atoms with Crippen LogP contribution < -0.4 is 0 Å². The van der Waals surface area contributed by atoms with Gasteiger partial charge in [0.05, 0.1) is 12.1 Å². The van der Waals surface area contributed by atoms with Crippen molar-refractivity contribution in [2.75, 3.05) is 0 Å². The molecule has 5 heteroatoms. The number of carbonyl (C=O) groups is 1. The van der Waals surface area contributed by atoms with Gasteiger partial charge in [-0.1, -0.05) is 60.5 Å². The Bertz CT molecular complexity index is 438. The SMILES string of the molecule is CCC1OC(c2ccccc2)N(C(=O)C(Cl)Cl)C1C. The van der Waals surface area contributed by atoms with Crippen LogP contribution in [-0.4, -0.2) is 27.8 Å². The van der Waals surface area contributed by atoms with E-state index in [1.165, 1.54) is 0 Å². The minimum absolute atomic E-state index is 0.00115. The number of rotatable bonds is 3. The Morgan fingerprint density at radius 2 is 2.00 bits per heavy atom. The zero-order valence-corrected chi connectivity index (χ0v) is 12.4. The topological polar surface area (TPSA) is 29.5 Å². The zero-order valence-electron chi connectivity index (χ0n) is 10.9. The predicted molar refractivity (Wildman–Crippen MR) is 76.1 cm³/mol. The van der Waals surface area contributed by atoms with Gasteiger partial charge in [0.1, 0.15) is 0 Å². The number of hydrogen-bond acceptors (Lipinski definition) is 2. The number of halogens is 2. The van der Waals surface area contributed by atoms with Crippen LogP contribution in [0.2, 0.25) is 0 Å². The molecule has 3 unspecified atom stereocenters. The fraction of sp³-hybridized carbons (Fsp3) is 0.500. The van der Waals surface area contributed by atoms with Crippen LogP contribution in [0.15, 0.2) is 30.3 Å². The highest BCUT2D eigenvalue weighted by Gasteiger charge is 2.43. The average Bonchev–Trinajstić information content (AvgIpc) is 2.75. The molecule has 1 amide bonds. The standard InChI is InChI=1S/C14H17Cl2NO2/c1-3-11-9(2)17(13(18)12(15)16)14(19-11)10-7-5-4-6-8-10/h4-9,11-12,14H,3H2,1-2H3. The molecule has 1 aliphatic rings. The third-order valence-corrected chi connectivity index (χ3v) is 3.83. The first kappa shape index (κ1) is 14.6. The first-order chi connectivity index (χ1) is 9.06. The van der Waals surface area contributed by atoms with Gasteiger partial charge in [-0.15, -0.1) is 0 Å². The van der Waals surface area contributed by atoms with Crippen LogP contribution >= 0.6 is 23.2 Å². The highest BCUT2D eigenvalue weighted by atomic mass is 35.5. The highest BCUT2D eigenvalue weighted by molar-refractivity contribution is 6.53. The number of benzene rings is 1. The Morgan fingerprint density at radius 3 is 2.53 bits per heavy atom. The summed E-state index contributed by atoms with van der Waals surface area (Å²) in [6, 6.07) is 9.61. The third kappa shape index (κ3) is 2.88. The fourth-order valence-corrected chi connectivity index (χ4v) is 2.69. The molecule has 104 valence electrons. The van der Waals surface area contributed by atoms with Crippen molar-refractivity contribution in [2.45, 2.75) is 43.5 Å². The van der Waals surface area contributed by atoms with Crippen molar-refractivity contribution in [3.05, 3.63) is 35.9 Å². The largest absolute Gasteiger partial charge is 0.349 e. The van der Waals surface area contributed by atoms with Gasteiger partial charge in [0.2, 0.25) is 0 Å².